The molecule has 35 heavy (non-hydrogen) atoms. The van der Waals surface area contributed by atoms with Gasteiger partial charge in [-0.3, -0.25) is 4.79 Å². The van der Waals surface area contributed by atoms with Crippen LogP contribution in [-0.4, -0.2) is 30.3 Å². The average molecular weight is 561 g/mol. The van der Waals surface area contributed by atoms with Crippen LogP contribution in [-0.2, 0) is 0 Å². The highest BCUT2D eigenvalue weighted by atomic mass is 79.9. The molecule has 3 rings (SSSR count). The van der Waals surface area contributed by atoms with E-state index in [0.717, 1.165) is 35.1 Å². The Kier molecular flexibility index (Phi) is 13.9. The number of hydrogen-bond acceptors (Lipinski definition) is 2. The predicted octanol–water partition coefficient (Wildman–Crippen LogP) is 9.99. The summed E-state index contributed by atoms with van der Waals surface area (Å²) in [5.41, 5.74) is 0.839. The van der Waals surface area contributed by atoms with E-state index in [4.69, 9.17) is 0 Å². The lowest BCUT2D eigenvalue weighted by Gasteiger charge is -2.22. The van der Waals surface area contributed by atoms with Crippen molar-refractivity contribution >= 4 is 55.7 Å². The number of nitrogens with zero attached hydrogens (tertiary/aromatic N) is 1. The van der Waals surface area contributed by atoms with Gasteiger partial charge in [0.15, 0.2) is 5.78 Å². The van der Waals surface area contributed by atoms with Crippen LogP contribution in [0.25, 0.3) is 21.5 Å². The van der Waals surface area contributed by atoms with E-state index >= 15 is 0 Å². The molecule has 0 aliphatic rings. The maximum atomic E-state index is 13.2. The molecular formula is C31H43BrClNO. The minimum absolute atomic E-state index is 0. The molecule has 0 unspecified atom stereocenters. The molecule has 192 valence electrons. The second kappa shape index (κ2) is 16.3. The Bertz CT molecular complexity index is 1040. The zero-order valence-electron chi connectivity index (χ0n) is 21.7. The summed E-state index contributed by atoms with van der Waals surface area (Å²) in [5.74, 6) is 0.260. The standard InChI is InChI=1S/C31H42BrNO.ClH/c1-3-5-7-9-13-20-33(21-14-10-8-6-4-2)22-19-31(34)26-18-17-25-24-30(32)28-16-12-11-15-27(28)29(25)23-26;/h11-12,15-18,23-24H,3-10,13-14,19-22H2,1-2H3;1H. The fourth-order valence-electron chi connectivity index (χ4n) is 4.85. The number of hydrogen-bond donors (Lipinski definition) is 0. The molecule has 0 N–H and O–H groups in total. The molecule has 0 bridgehead atoms. The van der Waals surface area contributed by atoms with Gasteiger partial charge in [-0.25, -0.2) is 0 Å². The van der Waals surface area contributed by atoms with Gasteiger partial charge in [-0.15, -0.1) is 12.4 Å². The van der Waals surface area contributed by atoms with Crippen LogP contribution in [0.4, 0.5) is 0 Å². The molecule has 0 aromatic heterocycles. The molecule has 3 aromatic carbocycles. The van der Waals surface area contributed by atoms with Crippen molar-refractivity contribution in [1.82, 2.24) is 4.90 Å². The van der Waals surface area contributed by atoms with Gasteiger partial charge < -0.3 is 4.90 Å². The minimum atomic E-state index is 0. The third-order valence-corrected chi connectivity index (χ3v) is 7.60. The highest BCUT2D eigenvalue weighted by molar-refractivity contribution is 9.10. The molecule has 0 heterocycles. The van der Waals surface area contributed by atoms with Crippen molar-refractivity contribution in [2.75, 3.05) is 19.6 Å². The Morgan fingerprint density at radius 3 is 1.94 bits per heavy atom. The van der Waals surface area contributed by atoms with E-state index in [1.54, 1.807) is 0 Å². The highest BCUT2D eigenvalue weighted by Crippen LogP contribution is 2.32. The number of benzene rings is 3. The van der Waals surface area contributed by atoms with Crippen LogP contribution in [0.5, 0.6) is 0 Å². The average Bonchev–Trinajstić information content (AvgIpc) is 2.86. The zero-order chi connectivity index (χ0) is 24.2. The zero-order valence-corrected chi connectivity index (χ0v) is 24.1. The molecule has 0 atom stereocenters. The number of unbranched alkanes of at least 4 members (excludes halogenated alkanes) is 8. The molecular weight excluding hydrogens is 518 g/mol. The summed E-state index contributed by atoms with van der Waals surface area (Å²) in [6, 6.07) is 16.8. The number of halogens is 2. The fourth-order valence-corrected chi connectivity index (χ4v) is 5.44. The third-order valence-electron chi connectivity index (χ3n) is 6.94. The largest absolute Gasteiger partial charge is 0.303 e. The maximum absolute atomic E-state index is 13.2. The van der Waals surface area contributed by atoms with Crippen molar-refractivity contribution in [2.45, 2.75) is 84.5 Å². The van der Waals surface area contributed by atoms with Crippen LogP contribution < -0.4 is 0 Å². The Balaban J connectivity index is 0.00000432. The molecule has 0 fully saturated rings. The van der Waals surface area contributed by atoms with Crippen LogP contribution in [0.2, 0.25) is 0 Å². The van der Waals surface area contributed by atoms with E-state index in [9.17, 15) is 4.79 Å². The number of ketones is 1. The summed E-state index contributed by atoms with van der Waals surface area (Å²) in [6.07, 6.45) is 13.6. The molecule has 0 spiro atoms. The first-order valence-corrected chi connectivity index (χ1v) is 14.3. The second-order valence-corrected chi connectivity index (χ2v) is 10.5. The molecule has 0 aliphatic heterocycles. The number of carbonyl (C=O) groups is 1. The number of Topliss-reactive ketones (excluding diaryl/α,β-unsaturated/α-hetero) is 1. The van der Waals surface area contributed by atoms with Gasteiger partial charge in [0.1, 0.15) is 0 Å². The van der Waals surface area contributed by atoms with Crippen LogP contribution in [0, 0.1) is 0 Å². The van der Waals surface area contributed by atoms with Gasteiger partial charge in [0.25, 0.3) is 0 Å². The normalized spacial score (nSPS) is 11.3. The SMILES string of the molecule is CCCCCCCN(CCCCCCC)CCC(=O)c1ccc2cc(Br)c3ccccc3c2c1.Cl. The molecule has 0 saturated heterocycles. The van der Waals surface area contributed by atoms with Crippen molar-refractivity contribution in [3.63, 3.8) is 0 Å². The van der Waals surface area contributed by atoms with Gasteiger partial charge in [0.05, 0.1) is 0 Å². The van der Waals surface area contributed by atoms with E-state index < -0.39 is 0 Å². The van der Waals surface area contributed by atoms with Gasteiger partial charge in [0.2, 0.25) is 0 Å². The first-order valence-electron chi connectivity index (χ1n) is 13.5. The first-order chi connectivity index (χ1) is 16.6. The van der Waals surface area contributed by atoms with Crippen molar-refractivity contribution in [2.24, 2.45) is 0 Å². The molecule has 0 aliphatic carbocycles. The lowest BCUT2D eigenvalue weighted by molar-refractivity contribution is 0.0963. The van der Waals surface area contributed by atoms with Gasteiger partial charge >= 0.3 is 0 Å². The van der Waals surface area contributed by atoms with Gasteiger partial charge in [-0.2, -0.15) is 0 Å². The number of fused-ring (bicyclic) bond motifs is 3. The van der Waals surface area contributed by atoms with Gasteiger partial charge in [0, 0.05) is 23.0 Å². The molecule has 2 nitrogen and oxygen atoms in total. The maximum Gasteiger partial charge on any atom is 0.164 e. The molecule has 4 heteroatoms. The van der Waals surface area contributed by atoms with Crippen molar-refractivity contribution in [3.05, 3.63) is 58.6 Å². The topological polar surface area (TPSA) is 20.3 Å². The van der Waals surface area contributed by atoms with E-state index in [2.05, 4.69) is 77.1 Å². The third kappa shape index (κ3) is 9.19. The smallest absolute Gasteiger partial charge is 0.164 e. The Morgan fingerprint density at radius 1 is 0.714 bits per heavy atom. The van der Waals surface area contributed by atoms with Crippen LogP contribution in [0.15, 0.2) is 53.0 Å². The Morgan fingerprint density at radius 2 is 1.31 bits per heavy atom. The number of rotatable bonds is 16. The lowest BCUT2D eigenvalue weighted by atomic mass is 9.98. The van der Waals surface area contributed by atoms with Crippen molar-refractivity contribution < 1.29 is 4.79 Å². The van der Waals surface area contributed by atoms with Gasteiger partial charge in [-0.05, 0) is 59.6 Å². The van der Waals surface area contributed by atoms with E-state index in [1.807, 2.05) is 6.07 Å². The lowest BCUT2D eigenvalue weighted by Crippen LogP contribution is -2.28. The van der Waals surface area contributed by atoms with Crippen LogP contribution in [0.1, 0.15) is 94.8 Å². The van der Waals surface area contributed by atoms with E-state index in [-0.39, 0.29) is 18.2 Å². The monoisotopic (exact) mass is 559 g/mol. The van der Waals surface area contributed by atoms with Crippen LogP contribution in [0.3, 0.4) is 0 Å². The summed E-state index contributed by atoms with van der Waals surface area (Å²) in [6.45, 7) is 7.66. The molecule has 0 saturated carbocycles. The second-order valence-electron chi connectivity index (χ2n) is 9.68. The fraction of sp³-hybridized carbons (Fsp3) is 0.516. The minimum Gasteiger partial charge on any atom is -0.303 e. The highest BCUT2D eigenvalue weighted by Gasteiger charge is 2.12. The molecule has 0 amide bonds. The quantitative estimate of drug-likeness (QED) is 0.0986. The first kappa shape index (κ1) is 29.8. The van der Waals surface area contributed by atoms with E-state index in [0.29, 0.717) is 6.42 Å². The van der Waals surface area contributed by atoms with E-state index in [1.165, 1.54) is 80.4 Å². The Labute approximate surface area is 227 Å². The van der Waals surface area contributed by atoms with Crippen LogP contribution >= 0.6 is 28.3 Å². The van der Waals surface area contributed by atoms with Crippen molar-refractivity contribution in [3.8, 4) is 0 Å². The summed E-state index contributed by atoms with van der Waals surface area (Å²) >= 11 is 3.70. The number of carbonyl (C=O) groups excluding carboxylic acids is 1. The summed E-state index contributed by atoms with van der Waals surface area (Å²) in [5, 5.41) is 4.72. The summed E-state index contributed by atoms with van der Waals surface area (Å²) in [4.78, 5) is 15.7. The summed E-state index contributed by atoms with van der Waals surface area (Å²) < 4.78 is 1.10. The molecule has 3 aromatic rings. The predicted molar refractivity (Wildman–Crippen MR) is 159 cm³/mol. The Hall–Kier alpha value is -1.42. The summed E-state index contributed by atoms with van der Waals surface area (Å²) in [7, 11) is 0. The van der Waals surface area contributed by atoms with Gasteiger partial charge in [-0.1, -0.05) is 118 Å². The molecule has 0 radical (unpaired) electrons. The van der Waals surface area contributed by atoms with Crippen molar-refractivity contribution in [1.29, 1.82) is 0 Å².